The summed E-state index contributed by atoms with van der Waals surface area (Å²) in [4.78, 5) is 20.7. The van der Waals surface area contributed by atoms with Gasteiger partial charge < -0.3 is 9.80 Å². The number of likely N-dealkylation sites (N-methyl/N-ethyl adjacent to an activating group) is 1. The van der Waals surface area contributed by atoms with Crippen molar-refractivity contribution < 1.29 is 4.79 Å². The number of halogens is 1. The van der Waals surface area contributed by atoms with Crippen LogP contribution in [0.3, 0.4) is 0 Å². The number of aromatic nitrogens is 5. The lowest BCUT2D eigenvalue weighted by molar-refractivity contribution is -0.132. The Balaban J connectivity index is 1.82. The molecule has 4 heterocycles. The van der Waals surface area contributed by atoms with Gasteiger partial charge in [-0.15, -0.1) is 0 Å². The molecule has 0 bridgehead atoms. The Kier molecular flexibility index (Phi) is 3.64. The lowest BCUT2D eigenvalue weighted by Crippen LogP contribution is -2.54. The summed E-state index contributed by atoms with van der Waals surface area (Å²) in [7, 11) is 3.66. The third-order valence-electron chi connectivity index (χ3n) is 4.60. The van der Waals surface area contributed by atoms with Crippen LogP contribution in [-0.4, -0.2) is 61.9 Å². The molecule has 1 N–H and O–H groups in total. The van der Waals surface area contributed by atoms with Gasteiger partial charge in [-0.1, -0.05) is 11.6 Å². The Morgan fingerprint density at radius 2 is 2.12 bits per heavy atom. The molecule has 0 spiro atoms. The molecular formula is C16H18ClN7O. The molecule has 1 amide bonds. The van der Waals surface area contributed by atoms with E-state index >= 15 is 0 Å². The van der Waals surface area contributed by atoms with Gasteiger partial charge in [0.15, 0.2) is 0 Å². The molecular weight excluding hydrogens is 342 g/mol. The first-order valence-corrected chi connectivity index (χ1v) is 8.38. The predicted molar refractivity (Wildman–Crippen MR) is 95.5 cm³/mol. The second-order valence-corrected chi connectivity index (χ2v) is 6.70. The van der Waals surface area contributed by atoms with Gasteiger partial charge in [0.05, 0.1) is 16.7 Å². The topological polar surface area (TPSA) is 82.9 Å². The number of rotatable bonds is 2. The summed E-state index contributed by atoms with van der Waals surface area (Å²) >= 11 is 6.45. The zero-order valence-corrected chi connectivity index (χ0v) is 14.9. The van der Waals surface area contributed by atoms with Crippen LogP contribution in [0.2, 0.25) is 5.02 Å². The zero-order valence-electron chi connectivity index (χ0n) is 14.2. The highest BCUT2D eigenvalue weighted by Gasteiger charge is 2.31. The van der Waals surface area contributed by atoms with Crippen LogP contribution in [0.15, 0.2) is 18.5 Å². The number of nitrogens with one attached hydrogen (secondary N) is 1. The molecule has 0 saturated carbocycles. The molecule has 25 heavy (non-hydrogen) atoms. The number of H-pyrrole nitrogens is 1. The van der Waals surface area contributed by atoms with Crippen LogP contribution in [0.4, 0.5) is 5.82 Å². The minimum atomic E-state index is -0.310. The summed E-state index contributed by atoms with van der Waals surface area (Å²) in [6.07, 6.45) is 3.63. The van der Waals surface area contributed by atoms with Crippen molar-refractivity contribution in [2.75, 3.05) is 25.0 Å². The van der Waals surface area contributed by atoms with Gasteiger partial charge >= 0.3 is 0 Å². The number of hydrogen-bond donors (Lipinski definition) is 1. The second-order valence-electron chi connectivity index (χ2n) is 6.29. The molecule has 8 nitrogen and oxygen atoms in total. The van der Waals surface area contributed by atoms with Gasteiger partial charge in [0, 0.05) is 38.9 Å². The van der Waals surface area contributed by atoms with Gasteiger partial charge in [0.1, 0.15) is 23.1 Å². The van der Waals surface area contributed by atoms with Gasteiger partial charge in [-0.3, -0.25) is 14.6 Å². The monoisotopic (exact) mass is 359 g/mol. The number of amides is 1. The number of anilines is 1. The van der Waals surface area contributed by atoms with Gasteiger partial charge in [0.25, 0.3) is 0 Å². The lowest BCUT2D eigenvalue weighted by atomic mass is 10.1. The van der Waals surface area contributed by atoms with Crippen LogP contribution in [-0.2, 0) is 11.8 Å². The first kappa shape index (κ1) is 15.9. The maximum atomic E-state index is 12.3. The first-order chi connectivity index (χ1) is 12.0. The van der Waals surface area contributed by atoms with E-state index < -0.39 is 0 Å². The van der Waals surface area contributed by atoms with Crippen LogP contribution >= 0.6 is 11.6 Å². The Morgan fingerprint density at radius 3 is 2.84 bits per heavy atom. The van der Waals surface area contributed by atoms with E-state index in [4.69, 9.17) is 16.6 Å². The van der Waals surface area contributed by atoms with E-state index in [1.807, 2.05) is 38.2 Å². The fourth-order valence-electron chi connectivity index (χ4n) is 3.16. The third-order valence-corrected chi connectivity index (χ3v) is 4.88. The summed E-state index contributed by atoms with van der Waals surface area (Å²) in [5.41, 5.74) is 3.05. The van der Waals surface area contributed by atoms with Crippen molar-refractivity contribution >= 4 is 34.4 Å². The molecule has 1 aliphatic heterocycles. The Morgan fingerprint density at radius 1 is 1.32 bits per heavy atom. The molecule has 1 unspecified atom stereocenters. The van der Waals surface area contributed by atoms with Crippen molar-refractivity contribution in [3.8, 4) is 11.3 Å². The highest BCUT2D eigenvalue weighted by molar-refractivity contribution is 6.33. The van der Waals surface area contributed by atoms with Gasteiger partial charge in [0.2, 0.25) is 5.91 Å². The molecule has 0 aliphatic carbocycles. The van der Waals surface area contributed by atoms with Crippen LogP contribution in [0.25, 0.3) is 22.3 Å². The fraction of sp³-hybridized carbons (Fsp3) is 0.375. The average molecular weight is 360 g/mol. The van der Waals surface area contributed by atoms with Crippen molar-refractivity contribution in [3.05, 3.63) is 23.5 Å². The van der Waals surface area contributed by atoms with E-state index in [1.165, 1.54) is 0 Å². The predicted octanol–water partition coefficient (Wildman–Crippen LogP) is 1.68. The fourth-order valence-corrected chi connectivity index (χ4v) is 3.42. The summed E-state index contributed by atoms with van der Waals surface area (Å²) in [5, 5.41) is 12.0. The number of nitrogens with zero attached hydrogens (tertiary/aromatic N) is 6. The molecule has 1 fully saturated rings. The van der Waals surface area contributed by atoms with Gasteiger partial charge in [-0.2, -0.15) is 10.2 Å². The van der Waals surface area contributed by atoms with E-state index in [9.17, 15) is 4.79 Å². The van der Waals surface area contributed by atoms with E-state index in [2.05, 4.69) is 15.3 Å². The van der Waals surface area contributed by atoms with Crippen molar-refractivity contribution in [2.45, 2.75) is 13.0 Å². The maximum Gasteiger partial charge on any atom is 0.244 e. The zero-order chi connectivity index (χ0) is 17.7. The van der Waals surface area contributed by atoms with E-state index in [0.29, 0.717) is 35.1 Å². The number of fused-ring (bicyclic) bond motifs is 1. The second kappa shape index (κ2) is 5.73. The summed E-state index contributed by atoms with van der Waals surface area (Å²) in [6, 6.07) is 1.50. The maximum absolute atomic E-state index is 12.3. The molecule has 9 heteroatoms. The molecule has 3 aromatic heterocycles. The molecule has 3 aromatic rings. The minimum Gasteiger partial charge on any atom is -0.342 e. The molecule has 130 valence electrons. The molecule has 1 saturated heterocycles. The van der Waals surface area contributed by atoms with Crippen LogP contribution in [0.1, 0.15) is 6.92 Å². The highest BCUT2D eigenvalue weighted by Crippen LogP contribution is 2.33. The largest absolute Gasteiger partial charge is 0.342 e. The normalized spacial score (nSPS) is 18.4. The standard InChI is InChI=1S/C16H18ClN7O/c1-9-16(25)22(2)4-5-24(9)15-11(17)6-12-14(19-15)13(21-20-12)10-7-18-23(3)8-10/h6-9H,4-5H2,1-3H3,(H,20,21). The first-order valence-electron chi connectivity index (χ1n) is 8.01. The Hall–Kier alpha value is -2.61. The lowest BCUT2D eigenvalue weighted by Gasteiger charge is -2.38. The van der Waals surface area contributed by atoms with Crippen molar-refractivity contribution in [1.82, 2.24) is 29.9 Å². The van der Waals surface area contributed by atoms with E-state index in [1.54, 1.807) is 15.8 Å². The quantitative estimate of drug-likeness (QED) is 0.752. The molecule has 4 rings (SSSR count). The van der Waals surface area contributed by atoms with Crippen LogP contribution in [0.5, 0.6) is 0 Å². The number of aryl methyl sites for hydroxylation is 1. The van der Waals surface area contributed by atoms with E-state index in [-0.39, 0.29) is 11.9 Å². The summed E-state index contributed by atoms with van der Waals surface area (Å²) in [6.45, 7) is 3.19. The average Bonchev–Trinajstić information content (AvgIpc) is 3.18. The smallest absolute Gasteiger partial charge is 0.244 e. The number of piperazine rings is 1. The van der Waals surface area contributed by atoms with Crippen LogP contribution < -0.4 is 4.90 Å². The van der Waals surface area contributed by atoms with Gasteiger partial charge in [-0.25, -0.2) is 4.98 Å². The summed E-state index contributed by atoms with van der Waals surface area (Å²) in [5.74, 6) is 0.665. The number of carbonyl (C=O) groups is 1. The molecule has 0 radical (unpaired) electrons. The number of hydrogen-bond acceptors (Lipinski definition) is 5. The van der Waals surface area contributed by atoms with Crippen molar-refractivity contribution in [3.63, 3.8) is 0 Å². The Labute approximate surface area is 149 Å². The minimum absolute atomic E-state index is 0.0592. The third kappa shape index (κ3) is 2.53. The Bertz CT molecular complexity index is 963. The van der Waals surface area contributed by atoms with Crippen molar-refractivity contribution in [1.29, 1.82) is 0 Å². The molecule has 1 aliphatic rings. The van der Waals surface area contributed by atoms with Gasteiger partial charge in [-0.05, 0) is 13.0 Å². The number of pyridine rings is 1. The molecule has 1 atom stereocenters. The van der Waals surface area contributed by atoms with E-state index in [0.717, 1.165) is 11.1 Å². The number of aromatic amines is 1. The highest BCUT2D eigenvalue weighted by atomic mass is 35.5. The van der Waals surface area contributed by atoms with Crippen LogP contribution in [0, 0.1) is 0 Å². The summed E-state index contributed by atoms with van der Waals surface area (Å²) < 4.78 is 1.72. The number of carbonyl (C=O) groups excluding carboxylic acids is 1. The van der Waals surface area contributed by atoms with Crippen molar-refractivity contribution in [2.24, 2.45) is 7.05 Å². The molecule has 0 aromatic carbocycles. The SMILES string of the molecule is CC1C(=O)N(C)CCN1c1nc2c(-c3cnn(C)c3)n[nH]c2cc1Cl.